The predicted molar refractivity (Wildman–Crippen MR) is 81.1 cm³/mol. The highest BCUT2D eigenvalue weighted by molar-refractivity contribution is 8.01. The van der Waals surface area contributed by atoms with Gasteiger partial charge in [-0.3, -0.25) is 4.79 Å². The largest absolute Gasteiger partial charge is 0.315 e. The highest BCUT2D eigenvalue weighted by Gasteiger charge is 2.53. The number of rotatable bonds is 3. The second kappa shape index (κ2) is 4.79. The molecule has 1 aromatic rings. The molecular formula is C15H23N3OS. The first-order chi connectivity index (χ1) is 9.42. The van der Waals surface area contributed by atoms with Crippen molar-refractivity contribution in [2.75, 3.05) is 0 Å². The van der Waals surface area contributed by atoms with Gasteiger partial charge < -0.3 is 9.47 Å². The number of imidazole rings is 1. The Kier molecular flexibility index (Phi) is 3.35. The van der Waals surface area contributed by atoms with Crippen LogP contribution in [0.1, 0.15) is 46.7 Å². The van der Waals surface area contributed by atoms with Crippen LogP contribution < -0.4 is 0 Å². The lowest BCUT2D eigenvalue weighted by Crippen LogP contribution is -2.44. The summed E-state index contributed by atoms with van der Waals surface area (Å²) in [6.45, 7) is 8.88. The molecule has 2 heterocycles. The third-order valence-corrected chi connectivity index (χ3v) is 5.97. The number of hydrogen-bond donors (Lipinski definition) is 0. The van der Waals surface area contributed by atoms with Gasteiger partial charge in [-0.1, -0.05) is 13.8 Å². The molecular weight excluding hydrogens is 270 g/mol. The summed E-state index contributed by atoms with van der Waals surface area (Å²) in [5.74, 6) is 1.05. The Balaban J connectivity index is 1.99. The molecule has 5 heteroatoms. The SMILES string of the molecule is CC(C)C1SC(C)(C)C(n2ccnc2)N1C(=O)C1CC1. The van der Waals surface area contributed by atoms with Gasteiger partial charge in [0.2, 0.25) is 5.91 Å². The molecule has 1 saturated carbocycles. The zero-order chi connectivity index (χ0) is 14.5. The Hall–Kier alpha value is -0.970. The van der Waals surface area contributed by atoms with Gasteiger partial charge in [0.15, 0.2) is 0 Å². The van der Waals surface area contributed by atoms with Crippen LogP contribution in [0.3, 0.4) is 0 Å². The second-order valence-corrected chi connectivity index (χ2v) is 8.53. The first kappa shape index (κ1) is 14.0. The number of aromatic nitrogens is 2. The molecule has 110 valence electrons. The number of thioether (sulfide) groups is 1. The Bertz CT molecular complexity index is 493. The van der Waals surface area contributed by atoms with Crippen molar-refractivity contribution in [2.24, 2.45) is 11.8 Å². The number of amides is 1. The maximum Gasteiger partial charge on any atom is 0.228 e. The molecule has 2 atom stereocenters. The quantitative estimate of drug-likeness (QED) is 0.859. The van der Waals surface area contributed by atoms with Crippen LogP contribution in [-0.4, -0.2) is 30.5 Å². The normalized spacial score (nSPS) is 29.1. The maximum absolute atomic E-state index is 12.8. The van der Waals surface area contributed by atoms with Gasteiger partial charge in [0, 0.05) is 18.3 Å². The third-order valence-electron chi connectivity index (χ3n) is 4.14. The molecule has 1 amide bonds. The van der Waals surface area contributed by atoms with E-state index in [4.69, 9.17) is 0 Å². The average Bonchev–Trinajstić information content (AvgIpc) is 3.00. The molecule has 1 aromatic heterocycles. The van der Waals surface area contributed by atoms with E-state index in [0.29, 0.717) is 11.8 Å². The maximum atomic E-state index is 12.8. The predicted octanol–water partition coefficient (Wildman–Crippen LogP) is 3.13. The fourth-order valence-corrected chi connectivity index (χ4v) is 4.65. The van der Waals surface area contributed by atoms with Gasteiger partial charge in [-0.15, -0.1) is 11.8 Å². The van der Waals surface area contributed by atoms with Crippen molar-refractivity contribution >= 4 is 17.7 Å². The standard InChI is InChI=1S/C15H23N3OS/c1-10(2)13-18(12(19)11-5-6-11)14(15(3,4)20-13)17-8-7-16-9-17/h7-11,13-14H,5-6H2,1-4H3. The van der Waals surface area contributed by atoms with E-state index in [1.807, 2.05) is 24.3 Å². The highest BCUT2D eigenvalue weighted by atomic mass is 32.2. The summed E-state index contributed by atoms with van der Waals surface area (Å²) < 4.78 is 2.09. The van der Waals surface area contributed by atoms with Crippen LogP contribution in [0.2, 0.25) is 0 Å². The Morgan fingerprint density at radius 1 is 1.40 bits per heavy atom. The molecule has 3 rings (SSSR count). The molecule has 2 aliphatic rings. The summed E-state index contributed by atoms with van der Waals surface area (Å²) in [5.41, 5.74) is 0. The molecule has 0 aromatic carbocycles. The van der Waals surface area contributed by atoms with E-state index in [0.717, 1.165) is 12.8 Å². The van der Waals surface area contributed by atoms with Crippen molar-refractivity contribution in [1.29, 1.82) is 0 Å². The number of nitrogens with zero attached hydrogens (tertiary/aromatic N) is 3. The molecule has 0 N–H and O–H groups in total. The van der Waals surface area contributed by atoms with Crippen molar-refractivity contribution in [3.8, 4) is 0 Å². The first-order valence-corrected chi connectivity index (χ1v) is 8.27. The molecule has 1 saturated heterocycles. The fraction of sp³-hybridized carbons (Fsp3) is 0.733. The molecule has 0 spiro atoms. The minimum Gasteiger partial charge on any atom is -0.315 e. The second-order valence-electron chi connectivity index (χ2n) is 6.76. The van der Waals surface area contributed by atoms with Crippen LogP contribution in [0, 0.1) is 11.8 Å². The molecule has 0 bridgehead atoms. The minimum atomic E-state index is 0.000185. The summed E-state index contributed by atoms with van der Waals surface area (Å²) in [5, 5.41) is 0.255. The van der Waals surface area contributed by atoms with E-state index in [1.54, 1.807) is 6.20 Å². The highest BCUT2D eigenvalue weighted by Crippen LogP contribution is 2.53. The van der Waals surface area contributed by atoms with Crippen LogP contribution in [0.15, 0.2) is 18.7 Å². The van der Waals surface area contributed by atoms with Crippen molar-refractivity contribution in [3.05, 3.63) is 18.7 Å². The first-order valence-electron chi connectivity index (χ1n) is 7.39. The van der Waals surface area contributed by atoms with Gasteiger partial charge in [0.1, 0.15) is 6.17 Å². The van der Waals surface area contributed by atoms with Crippen LogP contribution >= 0.6 is 11.8 Å². The lowest BCUT2D eigenvalue weighted by molar-refractivity contribution is -0.138. The van der Waals surface area contributed by atoms with Gasteiger partial charge in [0.05, 0.1) is 16.4 Å². The van der Waals surface area contributed by atoms with Crippen molar-refractivity contribution in [2.45, 2.75) is 56.8 Å². The van der Waals surface area contributed by atoms with Gasteiger partial charge >= 0.3 is 0 Å². The zero-order valence-corrected chi connectivity index (χ0v) is 13.4. The summed E-state index contributed by atoms with van der Waals surface area (Å²) in [6, 6.07) is 0. The summed E-state index contributed by atoms with van der Waals surface area (Å²) >= 11 is 1.92. The molecule has 20 heavy (non-hydrogen) atoms. The molecule has 2 unspecified atom stereocenters. The monoisotopic (exact) mass is 293 g/mol. The third kappa shape index (κ3) is 2.26. The van der Waals surface area contributed by atoms with E-state index in [9.17, 15) is 4.79 Å². The Labute approximate surface area is 124 Å². The van der Waals surface area contributed by atoms with Gasteiger partial charge in [-0.25, -0.2) is 4.98 Å². The van der Waals surface area contributed by atoms with Crippen LogP contribution in [-0.2, 0) is 4.79 Å². The summed E-state index contributed by atoms with van der Waals surface area (Å²) in [7, 11) is 0. The molecule has 2 fully saturated rings. The van der Waals surface area contributed by atoms with E-state index < -0.39 is 0 Å². The molecule has 0 radical (unpaired) electrons. The minimum absolute atomic E-state index is 0.000185. The lowest BCUT2D eigenvalue weighted by atomic mass is 10.1. The van der Waals surface area contributed by atoms with Gasteiger partial charge in [-0.05, 0) is 32.6 Å². The molecule has 1 aliphatic heterocycles. The number of hydrogen-bond acceptors (Lipinski definition) is 3. The van der Waals surface area contributed by atoms with Crippen molar-refractivity contribution in [1.82, 2.24) is 14.5 Å². The number of carbonyl (C=O) groups is 1. The van der Waals surface area contributed by atoms with Crippen LogP contribution in [0.25, 0.3) is 0 Å². The fourth-order valence-electron chi connectivity index (χ4n) is 3.06. The molecule has 1 aliphatic carbocycles. The Morgan fingerprint density at radius 2 is 2.10 bits per heavy atom. The van der Waals surface area contributed by atoms with Gasteiger partial charge in [0.25, 0.3) is 0 Å². The van der Waals surface area contributed by atoms with Crippen molar-refractivity contribution < 1.29 is 4.79 Å². The summed E-state index contributed by atoms with van der Waals surface area (Å²) in [4.78, 5) is 19.1. The van der Waals surface area contributed by atoms with E-state index in [1.165, 1.54) is 0 Å². The van der Waals surface area contributed by atoms with Crippen LogP contribution in [0.4, 0.5) is 0 Å². The smallest absolute Gasteiger partial charge is 0.228 e. The topological polar surface area (TPSA) is 38.1 Å². The van der Waals surface area contributed by atoms with E-state index in [2.05, 4.69) is 42.1 Å². The number of carbonyl (C=O) groups excluding carboxylic acids is 1. The molecule has 4 nitrogen and oxygen atoms in total. The lowest BCUT2D eigenvalue weighted by Gasteiger charge is -2.34. The zero-order valence-electron chi connectivity index (χ0n) is 12.6. The van der Waals surface area contributed by atoms with Crippen molar-refractivity contribution in [3.63, 3.8) is 0 Å². The average molecular weight is 293 g/mol. The Morgan fingerprint density at radius 3 is 2.60 bits per heavy atom. The van der Waals surface area contributed by atoms with E-state index in [-0.39, 0.29) is 22.2 Å². The van der Waals surface area contributed by atoms with Crippen LogP contribution in [0.5, 0.6) is 0 Å². The van der Waals surface area contributed by atoms with E-state index >= 15 is 0 Å². The van der Waals surface area contributed by atoms with Gasteiger partial charge in [-0.2, -0.15) is 0 Å². The summed E-state index contributed by atoms with van der Waals surface area (Å²) in [6.07, 6.45) is 7.79.